The van der Waals surface area contributed by atoms with Crippen LogP contribution in [0.2, 0.25) is 0 Å². The lowest BCUT2D eigenvalue weighted by atomic mass is 10.2. The van der Waals surface area contributed by atoms with Gasteiger partial charge in [0.05, 0.1) is 24.0 Å². The first-order chi connectivity index (χ1) is 8.33. The zero-order valence-corrected chi connectivity index (χ0v) is 9.81. The maximum Gasteiger partial charge on any atom is 0.150 e. The molecule has 0 bridgehead atoms. The summed E-state index contributed by atoms with van der Waals surface area (Å²) < 4.78 is 5.18. The number of aromatic nitrogens is 2. The van der Waals surface area contributed by atoms with Crippen LogP contribution in [0.3, 0.4) is 0 Å². The highest BCUT2D eigenvalue weighted by molar-refractivity contribution is 5.27. The molecule has 4 nitrogen and oxygen atoms in total. The summed E-state index contributed by atoms with van der Waals surface area (Å²) in [5, 5.41) is 7.35. The van der Waals surface area contributed by atoms with Crippen molar-refractivity contribution >= 4 is 0 Å². The Balaban J connectivity index is 1.68. The van der Waals surface area contributed by atoms with Crippen molar-refractivity contribution in [3.05, 3.63) is 47.1 Å². The van der Waals surface area contributed by atoms with Gasteiger partial charge in [0, 0.05) is 12.3 Å². The quantitative estimate of drug-likeness (QED) is 0.876. The molecule has 0 spiro atoms. The summed E-state index contributed by atoms with van der Waals surface area (Å²) in [6.45, 7) is 2.64. The van der Waals surface area contributed by atoms with E-state index in [-0.39, 0.29) is 0 Å². The predicted octanol–water partition coefficient (Wildman–Crippen LogP) is 2.16. The van der Waals surface area contributed by atoms with Gasteiger partial charge in [0.2, 0.25) is 0 Å². The van der Waals surface area contributed by atoms with Gasteiger partial charge in [-0.25, -0.2) is 0 Å². The van der Waals surface area contributed by atoms with Crippen LogP contribution in [-0.4, -0.2) is 10.1 Å². The van der Waals surface area contributed by atoms with E-state index in [1.54, 1.807) is 0 Å². The first-order valence-corrected chi connectivity index (χ1v) is 5.92. The Labute approximate surface area is 100 Å². The first-order valence-electron chi connectivity index (χ1n) is 5.92. The summed E-state index contributed by atoms with van der Waals surface area (Å²) >= 11 is 0. The van der Waals surface area contributed by atoms with Crippen LogP contribution in [-0.2, 0) is 13.0 Å². The molecule has 2 aromatic heterocycles. The highest BCUT2D eigenvalue weighted by Gasteiger charge is 2.23. The SMILES string of the molecule is Cc1cc(CNC2CCc3cccnc32)on1. The number of aryl methyl sites for hydroxylation is 2. The molecule has 88 valence electrons. The van der Waals surface area contributed by atoms with Crippen molar-refractivity contribution in [3.63, 3.8) is 0 Å². The van der Waals surface area contributed by atoms with Gasteiger partial charge in [0.15, 0.2) is 5.76 Å². The van der Waals surface area contributed by atoms with Gasteiger partial charge in [-0.2, -0.15) is 0 Å². The molecular weight excluding hydrogens is 214 g/mol. The van der Waals surface area contributed by atoms with Gasteiger partial charge in [-0.15, -0.1) is 0 Å². The van der Waals surface area contributed by atoms with Crippen molar-refractivity contribution in [2.75, 3.05) is 0 Å². The Morgan fingerprint density at radius 3 is 3.29 bits per heavy atom. The molecule has 1 unspecified atom stereocenters. The van der Waals surface area contributed by atoms with Crippen molar-refractivity contribution in [1.29, 1.82) is 0 Å². The molecule has 1 atom stereocenters. The van der Waals surface area contributed by atoms with Crippen LogP contribution < -0.4 is 5.32 Å². The van der Waals surface area contributed by atoms with Crippen LogP contribution in [0.4, 0.5) is 0 Å². The maximum atomic E-state index is 5.18. The number of hydrogen-bond donors (Lipinski definition) is 1. The highest BCUT2D eigenvalue weighted by Crippen LogP contribution is 2.28. The molecule has 17 heavy (non-hydrogen) atoms. The van der Waals surface area contributed by atoms with E-state index in [9.17, 15) is 0 Å². The molecule has 0 fully saturated rings. The molecule has 1 N–H and O–H groups in total. The summed E-state index contributed by atoms with van der Waals surface area (Å²) in [5.74, 6) is 0.881. The van der Waals surface area contributed by atoms with Gasteiger partial charge in [-0.3, -0.25) is 4.98 Å². The summed E-state index contributed by atoms with van der Waals surface area (Å²) in [7, 11) is 0. The van der Waals surface area contributed by atoms with E-state index < -0.39 is 0 Å². The molecule has 1 aliphatic rings. The molecule has 2 heterocycles. The molecule has 4 heteroatoms. The van der Waals surface area contributed by atoms with Crippen molar-refractivity contribution in [1.82, 2.24) is 15.5 Å². The molecule has 3 rings (SSSR count). The second kappa shape index (κ2) is 4.30. The number of hydrogen-bond acceptors (Lipinski definition) is 4. The lowest BCUT2D eigenvalue weighted by Gasteiger charge is -2.11. The van der Waals surface area contributed by atoms with E-state index in [2.05, 4.69) is 21.5 Å². The molecule has 1 aliphatic carbocycles. The number of fused-ring (bicyclic) bond motifs is 1. The number of nitrogens with one attached hydrogen (secondary N) is 1. The minimum absolute atomic E-state index is 0.344. The van der Waals surface area contributed by atoms with E-state index >= 15 is 0 Å². The molecule has 0 saturated carbocycles. The lowest BCUT2D eigenvalue weighted by Crippen LogP contribution is -2.19. The Bertz CT molecular complexity index is 521. The smallest absolute Gasteiger partial charge is 0.150 e. The zero-order valence-electron chi connectivity index (χ0n) is 9.81. The monoisotopic (exact) mass is 229 g/mol. The van der Waals surface area contributed by atoms with Gasteiger partial charge in [-0.1, -0.05) is 11.2 Å². The number of rotatable bonds is 3. The van der Waals surface area contributed by atoms with Gasteiger partial charge >= 0.3 is 0 Å². The molecule has 0 aromatic carbocycles. The molecule has 0 aliphatic heterocycles. The molecular formula is C13H15N3O. The molecule has 0 radical (unpaired) electrons. The third-order valence-electron chi connectivity index (χ3n) is 3.16. The van der Waals surface area contributed by atoms with Crippen molar-refractivity contribution < 1.29 is 4.52 Å². The fraction of sp³-hybridized carbons (Fsp3) is 0.385. The van der Waals surface area contributed by atoms with Gasteiger partial charge < -0.3 is 9.84 Å². The lowest BCUT2D eigenvalue weighted by molar-refractivity contribution is 0.359. The zero-order chi connectivity index (χ0) is 11.7. The normalized spacial score (nSPS) is 18.3. The van der Waals surface area contributed by atoms with Gasteiger partial charge in [0.25, 0.3) is 0 Å². The predicted molar refractivity (Wildman–Crippen MR) is 63.4 cm³/mol. The minimum Gasteiger partial charge on any atom is -0.360 e. The largest absolute Gasteiger partial charge is 0.360 e. The average Bonchev–Trinajstić information content (AvgIpc) is 2.93. The third kappa shape index (κ3) is 2.08. The first kappa shape index (κ1) is 10.5. The highest BCUT2D eigenvalue weighted by atomic mass is 16.5. The maximum absolute atomic E-state index is 5.18. The van der Waals surface area contributed by atoms with Gasteiger partial charge in [-0.05, 0) is 31.4 Å². The third-order valence-corrected chi connectivity index (χ3v) is 3.16. The van der Waals surface area contributed by atoms with E-state index in [0.717, 1.165) is 24.3 Å². The minimum atomic E-state index is 0.344. The second-order valence-electron chi connectivity index (χ2n) is 4.45. The topological polar surface area (TPSA) is 51.0 Å². The molecule has 0 saturated heterocycles. The van der Waals surface area contributed by atoms with Crippen molar-refractivity contribution in [2.45, 2.75) is 32.4 Å². The molecule has 0 amide bonds. The van der Waals surface area contributed by atoms with E-state index in [1.165, 1.54) is 11.3 Å². The van der Waals surface area contributed by atoms with Crippen LogP contribution in [0.5, 0.6) is 0 Å². The summed E-state index contributed by atoms with van der Waals surface area (Å²) in [4.78, 5) is 4.45. The Kier molecular flexibility index (Phi) is 2.65. The standard InChI is InChI=1S/C13H15N3O/c1-9-7-11(17-16-9)8-15-12-5-4-10-3-2-6-14-13(10)12/h2-3,6-7,12,15H,4-5,8H2,1H3. The van der Waals surface area contributed by atoms with Crippen LogP contribution in [0.1, 0.15) is 35.2 Å². The van der Waals surface area contributed by atoms with E-state index in [0.29, 0.717) is 12.6 Å². The second-order valence-corrected chi connectivity index (χ2v) is 4.45. The van der Waals surface area contributed by atoms with E-state index in [1.807, 2.05) is 25.3 Å². The fourth-order valence-corrected chi connectivity index (χ4v) is 2.33. The molecule has 2 aromatic rings. The average molecular weight is 229 g/mol. The Morgan fingerprint density at radius 1 is 1.53 bits per heavy atom. The Morgan fingerprint density at radius 2 is 2.47 bits per heavy atom. The van der Waals surface area contributed by atoms with Crippen LogP contribution in [0.15, 0.2) is 28.9 Å². The number of nitrogens with zero attached hydrogens (tertiary/aromatic N) is 2. The van der Waals surface area contributed by atoms with Gasteiger partial charge in [0.1, 0.15) is 0 Å². The van der Waals surface area contributed by atoms with Crippen LogP contribution >= 0.6 is 0 Å². The number of pyridine rings is 1. The summed E-state index contributed by atoms with van der Waals surface area (Å²) in [5.41, 5.74) is 3.47. The van der Waals surface area contributed by atoms with Crippen molar-refractivity contribution in [3.8, 4) is 0 Å². The van der Waals surface area contributed by atoms with E-state index in [4.69, 9.17) is 4.52 Å². The van der Waals surface area contributed by atoms with Crippen LogP contribution in [0, 0.1) is 6.92 Å². The Hall–Kier alpha value is -1.68. The fourth-order valence-electron chi connectivity index (χ4n) is 2.33. The summed E-state index contributed by atoms with van der Waals surface area (Å²) in [6, 6.07) is 6.46. The van der Waals surface area contributed by atoms with Crippen molar-refractivity contribution in [2.24, 2.45) is 0 Å². The summed E-state index contributed by atoms with van der Waals surface area (Å²) in [6.07, 6.45) is 4.08. The van der Waals surface area contributed by atoms with Crippen LogP contribution in [0.25, 0.3) is 0 Å².